The molecule has 9 nitrogen and oxygen atoms in total. The second-order valence-corrected chi connectivity index (χ2v) is 9.66. The molecule has 2 amide bonds. The molecule has 4 rings (SSSR count). The van der Waals surface area contributed by atoms with Crippen LogP contribution in [0.15, 0.2) is 71.6 Å². The summed E-state index contributed by atoms with van der Waals surface area (Å²) in [5.41, 5.74) is 1.46. The summed E-state index contributed by atoms with van der Waals surface area (Å²) in [6.07, 6.45) is 0.00961. The third-order valence-electron chi connectivity index (χ3n) is 5.19. The number of nitrogens with two attached hydrogens (primary N) is 1. The second-order valence-electron chi connectivity index (χ2n) is 7.72. The molecule has 0 aliphatic carbocycles. The van der Waals surface area contributed by atoms with Gasteiger partial charge in [-0.1, -0.05) is 35.9 Å². The van der Waals surface area contributed by atoms with E-state index in [0.717, 1.165) is 0 Å². The van der Waals surface area contributed by atoms with Gasteiger partial charge in [-0.15, -0.1) is 0 Å². The highest BCUT2D eigenvalue weighted by atomic mass is 35.5. The average molecular weight is 516 g/mol. The summed E-state index contributed by atoms with van der Waals surface area (Å²) in [5.74, 6) is -0.283. The molecule has 0 radical (unpaired) electrons. The fourth-order valence-electron chi connectivity index (χ4n) is 3.55. The molecule has 0 bridgehead atoms. The molecule has 11 heteroatoms. The zero-order valence-corrected chi connectivity index (χ0v) is 20.0. The maximum Gasteiger partial charge on any atom is 0.253 e. The molecular formula is C24H22ClN3O6S. The molecule has 1 heterocycles. The zero-order valence-electron chi connectivity index (χ0n) is 18.4. The van der Waals surface area contributed by atoms with E-state index in [1.807, 2.05) is 0 Å². The number of anilines is 2. The van der Waals surface area contributed by atoms with Crippen molar-refractivity contribution in [2.45, 2.75) is 11.3 Å². The van der Waals surface area contributed by atoms with Crippen molar-refractivity contribution in [3.63, 3.8) is 0 Å². The molecule has 0 atom stereocenters. The van der Waals surface area contributed by atoms with Gasteiger partial charge >= 0.3 is 0 Å². The lowest BCUT2D eigenvalue weighted by Gasteiger charge is -2.27. The number of sulfonamides is 1. The van der Waals surface area contributed by atoms with Crippen molar-refractivity contribution >= 4 is 44.8 Å². The van der Waals surface area contributed by atoms with E-state index in [2.05, 4.69) is 5.32 Å². The van der Waals surface area contributed by atoms with Crippen LogP contribution >= 0.6 is 11.6 Å². The fourth-order valence-corrected chi connectivity index (χ4v) is 4.43. The first kappa shape index (κ1) is 24.7. The first-order valence-corrected chi connectivity index (χ1v) is 12.5. The van der Waals surface area contributed by atoms with Gasteiger partial charge in [0.25, 0.3) is 5.91 Å². The predicted octanol–water partition coefficient (Wildman–Crippen LogP) is 3.32. The smallest absolute Gasteiger partial charge is 0.253 e. The van der Waals surface area contributed by atoms with E-state index in [4.69, 9.17) is 26.2 Å². The Morgan fingerprint density at radius 2 is 1.91 bits per heavy atom. The summed E-state index contributed by atoms with van der Waals surface area (Å²) in [7, 11) is -4.20. The summed E-state index contributed by atoms with van der Waals surface area (Å²) >= 11 is 6.10. The van der Waals surface area contributed by atoms with Crippen molar-refractivity contribution in [1.29, 1.82) is 0 Å². The van der Waals surface area contributed by atoms with Crippen molar-refractivity contribution in [3.05, 3.63) is 77.3 Å². The van der Waals surface area contributed by atoms with E-state index < -0.39 is 10.0 Å². The molecule has 1 saturated heterocycles. The van der Waals surface area contributed by atoms with Crippen LogP contribution in [0.2, 0.25) is 5.02 Å². The number of amides is 2. The quantitative estimate of drug-likeness (QED) is 0.496. The van der Waals surface area contributed by atoms with E-state index in [9.17, 15) is 18.0 Å². The van der Waals surface area contributed by atoms with Crippen molar-refractivity contribution < 1.29 is 27.5 Å². The first-order valence-electron chi connectivity index (χ1n) is 10.6. The van der Waals surface area contributed by atoms with Gasteiger partial charge in [0.05, 0.1) is 13.0 Å². The number of carbonyl (C=O) groups excluding carboxylic acids is 2. The molecule has 182 valence electrons. The lowest BCUT2D eigenvalue weighted by Crippen LogP contribution is -2.41. The number of carbonyl (C=O) groups is 2. The van der Waals surface area contributed by atoms with Gasteiger partial charge in [0.1, 0.15) is 23.0 Å². The number of morpholine rings is 1. The van der Waals surface area contributed by atoms with Gasteiger partial charge in [0.2, 0.25) is 15.9 Å². The summed E-state index contributed by atoms with van der Waals surface area (Å²) < 4.78 is 35.5. The SMILES string of the molecule is NS(=O)(=O)c1cc(NC(=O)Cc2ccccc2Cl)ccc1Oc1cccc(N2CCOCC2=O)c1. The Morgan fingerprint density at radius 1 is 1.11 bits per heavy atom. The van der Waals surface area contributed by atoms with Gasteiger partial charge in [-0.05, 0) is 42.0 Å². The maximum absolute atomic E-state index is 12.5. The van der Waals surface area contributed by atoms with E-state index in [-0.39, 0.29) is 41.2 Å². The summed E-state index contributed by atoms with van der Waals surface area (Å²) in [5, 5.41) is 8.52. The van der Waals surface area contributed by atoms with Crippen LogP contribution < -0.4 is 20.1 Å². The molecular weight excluding hydrogens is 494 g/mol. The standard InChI is InChI=1S/C24H22ClN3O6S/c25-20-7-2-1-4-16(20)12-23(29)27-17-8-9-21(22(13-17)35(26,31)32)34-19-6-3-5-18(14-19)28-10-11-33-15-24(28)30/h1-9,13-14H,10-12,15H2,(H,27,29)(H2,26,31,32). The third kappa shape index (κ3) is 6.17. The molecule has 0 saturated carbocycles. The van der Waals surface area contributed by atoms with Crippen molar-refractivity contribution in [2.75, 3.05) is 30.0 Å². The van der Waals surface area contributed by atoms with Crippen LogP contribution in [-0.4, -0.2) is 40.0 Å². The Bertz CT molecular complexity index is 1380. The predicted molar refractivity (Wildman–Crippen MR) is 131 cm³/mol. The largest absolute Gasteiger partial charge is 0.456 e. The topological polar surface area (TPSA) is 128 Å². The lowest BCUT2D eigenvalue weighted by molar-refractivity contribution is -0.125. The average Bonchev–Trinajstić information content (AvgIpc) is 2.81. The summed E-state index contributed by atoms with van der Waals surface area (Å²) in [6, 6.07) is 17.7. The van der Waals surface area contributed by atoms with Crippen LogP contribution in [0.25, 0.3) is 0 Å². The van der Waals surface area contributed by atoms with Crippen LogP contribution in [0.1, 0.15) is 5.56 Å². The van der Waals surface area contributed by atoms with Crippen molar-refractivity contribution in [2.24, 2.45) is 5.14 Å². The van der Waals surface area contributed by atoms with E-state index in [1.54, 1.807) is 53.4 Å². The molecule has 35 heavy (non-hydrogen) atoms. The zero-order chi connectivity index (χ0) is 25.0. The summed E-state index contributed by atoms with van der Waals surface area (Å²) in [4.78, 5) is 25.9. The van der Waals surface area contributed by atoms with Crippen molar-refractivity contribution in [1.82, 2.24) is 0 Å². The molecule has 1 aliphatic heterocycles. The Kier molecular flexibility index (Phi) is 7.37. The van der Waals surface area contributed by atoms with Gasteiger partial charge in [-0.3, -0.25) is 9.59 Å². The van der Waals surface area contributed by atoms with Crippen LogP contribution in [0.3, 0.4) is 0 Å². The number of hydrogen-bond donors (Lipinski definition) is 2. The van der Waals surface area contributed by atoms with E-state index in [1.165, 1.54) is 18.2 Å². The molecule has 0 spiro atoms. The number of hydrogen-bond acceptors (Lipinski definition) is 6. The molecule has 0 unspecified atom stereocenters. The molecule has 3 N–H and O–H groups in total. The number of ether oxygens (including phenoxy) is 2. The van der Waals surface area contributed by atoms with Gasteiger partial charge in [-0.25, -0.2) is 13.6 Å². The van der Waals surface area contributed by atoms with Crippen LogP contribution in [-0.2, 0) is 30.8 Å². The Labute approximate surface area is 207 Å². The molecule has 1 fully saturated rings. The molecule has 3 aromatic carbocycles. The van der Waals surface area contributed by atoms with Gasteiger partial charge in [-0.2, -0.15) is 0 Å². The Morgan fingerprint density at radius 3 is 2.66 bits per heavy atom. The first-order chi connectivity index (χ1) is 16.7. The highest BCUT2D eigenvalue weighted by Gasteiger charge is 2.22. The highest BCUT2D eigenvalue weighted by molar-refractivity contribution is 7.89. The van der Waals surface area contributed by atoms with Crippen molar-refractivity contribution in [3.8, 4) is 11.5 Å². The molecule has 3 aromatic rings. The summed E-state index contributed by atoms with van der Waals surface area (Å²) in [6.45, 7) is 0.799. The number of benzene rings is 3. The molecule has 0 aromatic heterocycles. The van der Waals surface area contributed by atoms with Gasteiger partial charge < -0.3 is 19.7 Å². The Balaban J connectivity index is 1.55. The van der Waals surface area contributed by atoms with E-state index >= 15 is 0 Å². The minimum Gasteiger partial charge on any atom is -0.456 e. The second kappa shape index (κ2) is 10.4. The van der Waals surface area contributed by atoms with Crippen LogP contribution in [0.5, 0.6) is 11.5 Å². The number of nitrogens with zero attached hydrogens (tertiary/aromatic N) is 1. The van der Waals surface area contributed by atoms with Crippen LogP contribution in [0.4, 0.5) is 11.4 Å². The number of rotatable bonds is 7. The minimum absolute atomic E-state index is 0.00961. The van der Waals surface area contributed by atoms with Gasteiger partial charge in [0, 0.05) is 29.0 Å². The monoisotopic (exact) mass is 515 g/mol. The number of nitrogens with one attached hydrogen (secondary N) is 1. The van der Waals surface area contributed by atoms with Gasteiger partial charge in [0.15, 0.2) is 0 Å². The van der Waals surface area contributed by atoms with E-state index in [0.29, 0.717) is 35.2 Å². The highest BCUT2D eigenvalue weighted by Crippen LogP contribution is 2.32. The third-order valence-corrected chi connectivity index (χ3v) is 6.49. The molecule has 1 aliphatic rings. The Hall–Kier alpha value is -3.44. The van der Waals surface area contributed by atoms with Crippen LogP contribution in [0, 0.1) is 0 Å². The number of primary sulfonamides is 1. The minimum atomic E-state index is -4.20. The number of halogens is 1. The lowest BCUT2D eigenvalue weighted by atomic mass is 10.1. The maximum atomic E-state index is 12.5. The fraction of sp³-hybridized carbons (Fsp3) is 0.167. The normalized spacial score (nSPS) is 14.0.